The molecule has 0 spiro atoms. The molecule has 8 heteroatoms. The minimum atomic E-state index is -0.150. The lowest BCUT2D eigenvalue weighted by molar-refractivity contribution is -0.114. The number of hydrogen-bond donors (Lipinski definition) is 3. The summed E-state index contributed by atoms with van der Waals surface area (Å²) in [6, 6.07) is 18.7. The molecule has 0 fully saturated rings. The van der Waals surface area contributed by atoms with Crippen LogP contribution in [0.25, 0.3) is 22.1 Å². The van der Waals surface area contributed by atoms with E-state index in [1.54, 1.807) is 6.20 Å². The fourth-order valence-electron chi connectivity index (χ4n) is 3.37. The highest BCUT2D eigenvalue weighted by atomic mass is 16.5. The number of aliphatic imine (C=N–C) groups is 1. The highest BCUT2D eigenvalue weighted by Gasteiger charge is 2.10. The molecule has 4 aromatic rings. The van der Waals surface area contributed by atoms with E-state index in [9.17, 15) is 4.79 Å². The summed E-state index contributed by atoms with van der Waals surface area (Å²) in [6.07, 6.45) is 5.85. The minimum absolute atomic E-state index is 0.150. The Hall–Kier alpha value is -4.85. The molecule has 34 heavy (non-hydrogen) atoms. The zero-order chi connectivity index (χ0) is 23.9. The first-order valence-electron chi connectivity index (χ1n) is 10.4. The number of oxazole rings is 1. The van der Waals surface area contributed by atoms with E-state index >= 15 is 0 Å². The Kier molecular flexibility index (Phi) is 6.69. The monoisotopic (exact) mass is 453 g/mol. The molecule has 1 amide bonds. The number of rotatable bonds is 7. The summed E-state index contributed by atoms with van der Waals surface area (Å²) in [6.45, 7) is 5.28. The molecule has 0 aliphatic heterocycles. The predicted octanol–water partition coefficient (Wildman–Crippen LogP) is 5.29. The average molecular weight is 454 g/mol. The molecule has 0 radical (unpaired) electrons. The van der Waals surface area contributed by atoms with Crippen molar-refractivity contribution in [1.29, 1.82) is 0 Å². The van der Waals surface area contributed by atoms with Gasteiger partial charge in [0, 0.05) is 40.8 Å². The summed E-state index contributed by atoms with van der Waals surface area (Å²) in [4.78, 5) is 20.0. The summed E-state index contributed by atoms with van der Waals surface area (Å²) >= 11 is 0. The molecule has 0 aliphatic rings. The van der Waals surface area contributed by atoms with Crippen molar-refractivity contribution in [1.82, 2.24) is 4.98 Å². The maximum absolute atomic E-state index is 11.5. The van der Waals surface area contributed by atoms with E-state index in [1.165, 1.54) is 25.6 Å². The van der Waals surface area contributed by atoms with Gasteiger partial charge in [-0.05, 0) is 30.3 Å². The summed E-state index contributed by atoms with van der Waals surface area (Å²) < 4.78 is 11.4. The minimum Gasteiger partial charge on any atom is -0.444 e. The number of amides is 1. The third-order valence-corrected chi connectivity index (χ3v) is 4.82. The Bertz CT molecular complexity index is 1390. The zero-order valence-corrected chi connectivity index (χ0v) is 18.5. The third kappa shape index (κ3) is 5.13. The number of carbonyl (C=O) groups excluding carboxylic acids is 1. The Morgan fingerprint density at radius 1 is 1.12 bits per heavy atom. The molecule has 8 nitrogen and oxygen atoms in total. The van der Waals surface area contributed by atoms with Crippen LogP contribution in [0.2, 0.25) is 0 Å². The predicted molar refractivity (Wildman–Crippen MR) is 134 cm³/mol. The first kappa shape index (κ1) is 22.3. The second kappa shape index (κ2) is 10.2. The van der Waals surface area contributed by atoms with Crippen molar-refractivity contribution in [2.45, 2.75) is 6.92 Å². The lowest BCUT2D eigenvalue weighted by atomic mass is 10.1. The first-order valence-corrected chi connectivity index (χ1v) is 10.4. The van der Waals surface area contributed by atoms with Gasteiger partial charge in [-0.25, -0.2) is 4.98 Å². The van der Waals surface area contributed by atoms with E-state index in [0.29, 0.717) is 23.0 Å². The highest BCUT2D eigenvalue weighted by molar-refractivity contribution is 6.04. The van der Waals surface area contributed by atoms with E-state index in [1.807, 2.05) is 60.7 Å². The van der Waals surface area contributed by atoms with Crippen molar-refractivity contribution in [3.63, 3.8) is 0 Å². The standard InChI is InChI=1S/C26H23N5O3/c1-3-26(34-23-12-6-9-20-21(23)10-5-11-22(20)29-17(2)32)31-25(14-27)30-19-8-4-7-18(13-19)24-15-28-16-33-24/h3-16,30H,1,27H2,2H3,(H,29,32)/b25-14-,31-26+. The molecule has 1 aromatic heterocycles. The number of carbonyl (C=O) groups is 1. The summed E-state index contributed by atoms with van der Waals surface area (Å²) in [7, 11) is 0. The normalized spacial score (nSPS) is 11.8. The molecule has 0 saturated heterocycles. The van der Waals surface area contributed by atoms with Gasteiger partial charge >= 0.3 is 0 Å². The number of hydrogen-bond acceptors (Lipinski definition) is 7. The largest absolute Gasteiger partial charge is 0.444 e. The molecule has 3 aromatic carbocycles. The SMILES string of the molecule is C=C/C(=N\C(=C/N)Nc1cccc(-c2cnco2)c1)Oc1cccc2c(NC(C)=O)cccc12. The van der Waals surface area contributed by atoms with Gasteiger partial charge < -0.3 is 25.5 Å². The fraction of sp³-hybridized carbons (Fsp3) is 0.0385. The number of ether oxygens (including phenoxy) is 1. The van der Waals surface area contributed by atoms with Crippen LogP contribution in [-0.4, -0.2) is 16.8 Å². The fourth-order valence-corrected chi connectivity index (χ4v) is 3.37. The molecule has 1 heterocycles. The van der Waals surface area contributed by atoms with E-state index in [-0.39, 0.29) is 11.8 Å². The zero-order valence-electron chi connectivity index (χ0n) is 18.5. The van der Waals surface area contributed by atoms with Crippen molar-refractivity contribution >= 4 is 34.0 Å². The van der Waals surface area contributed by atoms with Crippen LogP contribution in [0.15, 0.2) is 107 Å². The van der Waals surface area contributed by atoms with Crippen LogP contribution >= 0.6 is 0 Å². The summed E-state index contributed by atoms with van der Waals surface area (Å²) in [5.74, 6) is 1.67. The molecule has 0 saturated carbocycles. The van der Waals surface area contributed by atoms with Gasteiger partial charge in [0.15, 0.2) is 12.2 Å². The smallest absolute Gasteiger partial charge is 0.221 e. The molecule has 4 rings (SSSR count). The van der Waals surface area contributed by atoms with Crippen molar-refractivity contribution in [3.05, 3.63) is 97.9 Å². The van der Waals surface area contributed by atoms with E-state index in [4.69, 9.17) is 14.9 Å². The Morgan fingerprint density at radius 2 is 1.91 bits per heavy atom. The second-order valence-corrected chi connectivity index (χ2v) is 7.22. The van der Waals surface area contributed by atoms with Gasteiger partial charge in [0.25, 0.3) is 0 Å². The van der Waals surface area contributed by atoms with Crippen LogP contribution in [0, 0.1) is 0 Å². The number of nitrogens with one attached hydrogen (secondary N) is 2. The molecular formula is C26H23N5O3. The van der Waals surface area contributed by atoms with E-state index < -0.39 is 0 Å². The lowest BCUT2D eigenvalue weighted by Crippen LogP contribution is -2.10. The third-order valence-electron chi connectivity index (χ3n) is 4.82. The van der Waals surface area contributed by atoms with Gasteiger partial charge in [-0.1, -0.05) is 43.0 Å². The quantitative estimate of drug-likeness (QED) is 0.259. The van der Waals surface area contributed by atoms with Gasteiger partial charge in [-0.3, -0.25) is 4.79 Å². The van der Waals surface area contributed by atoms with E-state index in [2.05, 4.69) is 27.2 Å². The van der Waals surface area contributed by atoms with Crippen molar-refractivity contribution in [2.75, 3.05) is 10.6 Å². The molecule has 0 bridgehead atoms. The van der Waals surface area contributed by atoms with Gasteiger partial charge in [0.1, 0.15) is 11.6 Å². The second-order valence-electron chi connectivity index (χ2n) is 7.22. The van der Waals surface area contributed by atoms with Gasteiger partial charge in [0.2, 0.25) is 11.8 Å². The maximum atomic E-state index is 11.5. The van der Waals surface area contributed by atoms with Crippen LogP contribution in [0.5, 0.6) is 5.75 Å². The topological polar surface area (TPSA) is 115 Å². The number of aromatic nitrogens is 1. The van der Waals surface area contributed by atoms with Crippen LogP contribution in [0.4, 0.5) is 11.4 Å². The van der Waals surface area contributed by atoms with Crippen LogP contribution in [-0.2, 0) is 4.79 Å². The molecule has 0 unspecified atom stereocenters. The summed E-state index contributed by atoms with van der Waals surface area (Å²) in [5.41, 5.74) is 8.12. The van der Waals surface area contributed by atoms with Gasteiger partial charge in [0.05, 0.1) is 6.20 Å². The molecular weight excluding hydrogens is 430 g/mol. The number of benzene rings is 3. The highest BCUT2D eigenvalue weighted by Crippen LogP contribution is 2.31. The van der Waals surface area contributed by atoms with Crippen molar-refractivity contribution in [2.24, 2.45) is 10.7 Å². The van der Waals surface area contributed by atoms with Crippen molar-refractivity contribution in [3.8, 4) is 17.1 Å². The Balaban J connectivity index is 1.59. The van der Waals surface area contributed by atoms with Gasteiger partial charge in [-0.15, -0.1) is 0 Å². The van der Waals surface area contributed by atoms with Gasteiger partial charge in [-0.2, -0.15) is 4.99 Å². The molecule has 0 aliphatic carbocycles. The Labute approximate surface area is 196 Å². The van der Waals surface area contributed by atoms with Crippen molar-refractivity contribution < 1.29 is 13.9 Å². The average Bonchev–Trinajstić information content (AvgIpc) is 3.38. The molecule has 170 valence electrons. The number of anilines is 2. The van der Waals surface area contributed by atoms with E-state index in [0.717, 1.165) is 22.0 Å². The number of fused-ring (bicyclic) bond motifs is 1. The molecule has 4 N–H and O–H groups in total. The summed E-state index contributed by atoms with van der Waals surface area (Å²) in [5, 5.41) is 7.65. The maximum Gasteiger partial charge on any atom is 0.221 e. The first-order chi connectivity index (χ1) is 16.6. The van der Waals surface area contributed by atoms with Crippen LogP contribution < -0.4 is 21.1 Å². The number of nitrogens with two attached hydrogens (primary N) is 1. The lowest BCUT2D eigenvalue weighted by Gasteiger charge is -2.13. The number of nitrogens with zero attached hydrogens (tertiary/aromatic N) is 2. The van der Waals surface area contributed by atoms with Crippen LogP contribution in [0.3, 0.4) is 0 Å². The Morgan fingerprint density at radius 3 is 2.65 bits per heavy atom. The molecule has 0 atom stereocenters. The van der Waals surface area contributed by atoms with Crippen LogP contribution in [0.1, 0.15) is 6.92 Å².